The standard InChI is InChI=1S/C24H23NO4/c1-14(2)13-28-21-9-7-18-23(26)22(29-24(18)15(21)3)10-16-12-25(4)20-8-6-17(27-5)11-19(16)20/h6-12H,1,13H2,2-5H3/b22-10+. The van der Waals surface area contributed by atoms with Gasteiger partial charge in [-0.25, -0.2) is 0 Å². The third-order valence-corrected chi connectivity index (χ3v) is 5.02. The number of ether oxygens (including phenoxy) is 3. The molecular formula is C24H23NO4. The van der Waals surface area contributed by atoms with Crippen LogP contribution in [0.2, 0.25) is 0 Å². The van der Waals surface area contributed by atoms with Crippen molar-refractivity contribution >= 4 is 22.8 Å². The van der Waals surface area contributed by atoms with E-state index < -0.39 is 0 Å². The van der Waals surface area contributed by atoms with E-state index in [4.69, 9.17) is 14.2 Å². The third kappa shape index (κ3) is 3.29. The molecule has 0 radical (unpaired) electrons. The lowest BCUT2D eigenvalue weighted by Crippen LogP contribution is -2.00. The number of benzene rings is 2. The van der Waals surface area contributed by atoms with Crippen molar-refractivity contribution in [2.45, 2.75) is 13.8 Å². The molecule has 0 aliphatic carbocycles. The van der Waals surface area contributed by atoms with Crippen molar-refractivity contribution in [1.29, 1.82) is 0 Å². The molecular weight excluding hydrogens is 366 g/mol. The summed E-state index contributed by atoms with van der Waals surface area (Å²) in [5, 5.41) is 0.994. The van der Waals surface area contributed by atoms with Crippen LogP contribution in [-0.2, 0) is 7.05 Å². The van der Waals surface area contributed by atoms with E-state index in [9.17, 15) is 4.79 Å². The lowest BCUT2D eigenvalue weighted by molar-refractivity contribution is 0.101. The van der Waals surface area contributed by atoms with Crippen LogP contribution in [0.1, 0.15) is 28.4 Å². The van der Waals surface area contributed by atoms with Gasteiger partial charge in [0, 0.05) is 35.3 Å². The Hall–Kier alpha value is -3.47. The van der Waals surface area contributed by atoms with Crippen LogP contribution in [-0.4, -0.2) is 24.1 Å². The van der Waals surface area contributed by atoms with E-state index in [1.54, 1.807) is 19.3 Å². The molecule has 0 N–H and O–H groups in total. The van der Waals surface area contributed by atoms with Crippen molar-refractivity contribution in [1.82, 2.24) is 4.57 Å². The summed E-state index contributed by atoms with van der Waals surface area (Å²) in [6, 6.07) is 9.44. The second-order valence-corrected chi connectivity index (χ2v) is 7.33. The first-order valence-electron chi connectivity index (χ1n) is 9.37. The van der Waals surface area contributed by atoms with Crippen LogP contribution < -0.4 is 14.2 Å². The van der Waals surface area contributed by atoms with Crippen LogP contribution in [0.5, 0.6) is 17.2 Å². The summed E-state index contributed by atoms with van der Waals surface area (Å²) < 4.78 is 19.1. The molecule has 3 aromatic rings. The van der Waals surface area contributed by atoms with Gasteiger partial charge in [0.2, 0.25) is 5.78 Å². The summed E-state index contributed by atoms with van der Waals surface area (Å²) in [6.07, 6.45) is 3.77. The van der Waals surface area contributed by atoms with Crippen molar-refractivity contribution < 1.29 is 19.0 Å². The summed E-state index contributed by atoms with van der Waals surface area (Å²) in [5.74, 6) is 2.18. The number of carbonyl (C=O) groups is 1. The number of hydrogen-bond acceptors (Lipinski definition) is 4. The Morgan fingerprint density at radius 3 is 2.79 bits per heavy atom. The van der Waals surface area contributed by atoms with E-state index in [0.717, 1.165) is 33.4 Å². The smallest absolute Gasteiger partial charge is 0.231 e. The van der Waals surface area contributed by atoms with E-state index in [1.165, 1.54) is 0 Å². The van der Waals surface area contributed by atoms with Crippen molar-refractivity contribution in [3.63, 3.8) is 0 Å². The van der Waals surface area contributed by atoms with Gasteiger partial charge in [-0.2, -0.15) is 0 Å². The highest BCUT2D eigenvalue weighted by Crippen LogP contribution is 2.40. The molecule has 0 bridgehead atoms. The lowest BCUT2D eigenvalue weighted by Gasteiger charge is -2.11. The van der Waals surface area contributed by atoms with Crippen LogP contribution in [0, 0.1) is 6.92 Å². The van der Waals surface area contributed by atoms with E-state index in [-0.39, 0.29) is 5.78 Å². The van der Waals surface area contributed by atoms with Crippen LogP contribution >= 0.6 is 0 Å². The lowest BCUT2D eigenvalue weighted by atomic mass is 10.1. The highest BCUT2D eigenvalue weighted by atomic mass is 16.5. The van der Waals surface area contributed by atoms with Crippen LogP contribution in [0.3, 0.4) is 0 Å². The minimum atomic E-state index is -0.130. The average Bonchev–Trinajstić information content (AvgIpc) is 3.19. The minimum Gasteiger partial charge on any atom is -0.497 e. The molecule has 2 aromatic carbocycles. The minimum absolute atomic E-state index is 0.130. The Morgan fingerprint density at radius 1 is 1.28 bits per heavy atom. The molecule has 0 atom stereocenters. The maximum Gasteiger partial charge on any atom is 0.231 e. The molecule has 0 saturated carbocycles. The first-order chi connectivity index (χ1) is 13.9. The normalized spacial score (nSPS) is 14.2. The molecule has 1 aromatic heterocycles. The van der Waals surface area contributed by atoms with Gasteiger partial charge in [0.1, 0.15) is 23.9 Å². The van der Waals surface area contributed by atoms with Crippen LogP contribution in [0.15, 0.2) is 54.4 Å². The monoisotopic (exact) mass is 389 g/mol. The first-order valence-corrected chi connectivity index (χ1v) is 9.37. The first kappa shape index (κ1) is 18.9. The van der Waals surface area contributed by atoms with E-state index in [0.29, 0.717) is 29.4 Å². The second kappa shape index (κ2) is 7.17. The zero-order chi connectivity index (χ0) is 20.7. The van der Waals surface area contributed by atoms with Crippen molar-refractivity contribution in [3.8, 4) is 17.2 Å². The van der Waals surface area contributed by atoms with Crippen molar-refractivity contribution in [3.05, 3.63) is 71.1 Å². The molecule has 0 unspecified atom stereocenters. The number of rotatable bonds is 5. The maximum absolute atomic E-state index is 12.9. The van der Waals surface area contributed by atoms with E-state index in [2.05, 4.69) is 6.58 Å². The number of aromatic nitrogens is 1. The van der Waals surface area contributed by atoms with E-state index in [1.807, 2.05) is 55.9 Å². The summed E-state index contributed by atoms with van der Waals surface area (Å²) in [4.78, 5) is 12.9. The number of ketones is 1. The molecule has 5 heteroatoms. The number of methoxy groups -OCH3 is 1. The average molecular weight is 389 g/mol. The van der Waals surface area contributed by atoms with Gasteiger partial charge >= 0.3 is 0 Å². The molecule has 0 fully saturated rings. The Balaban J connectivity index is 1.72. The van der Waals surface area contributed by atoms with Crippen LogP contribution in [0.25, 0.3) is 17.0 Å². The predicted octanol–water partition coefficient (Wildman–Crippen LogP) is 5.07. The Bertz CT molecular complexity index is 1180. The number of allylic oxidation sites excluding steroid dienone is 1. The summed E-state index contributed by atoms with van der Waals surface area (Å²) >= 11 is 0. The summed E-state index contributed by atoms with van der Waals surface area (Å²) in [6.45, 7) is 8.08. The molecule has 1 aliphatic heterocycles. The number of hydrogen-bond donors (Lipinski definition) is 0. The molecule has 0 saturated heterocycles. The number of fused-ring (bicyclic) bond motifs is 2. The van der Waals surface area contributed by atoms with Crippen LogP contribution in [0.4, 0.5) is 0 Å². The Labute approximate surface area is 169 Å². The van der Waals surface area contributed by atoms with Crippen molar-refractivity contribution in [2.24, 2.45) is 7.05 Å². The molecule has 148 valence electrons. The molecule has 0 amide bonds. The van der Waals surface area contributed by atoms with Gasteiger partial charge in [-0.05, 0) is 55.8 Å². The third-order valence-electron chi connectivity index (χ3n) is 5.02. The molecule has 0 spiro atoms. The highest BCUT2D eigenvalue weighted by molar-refractivity contribution is 6.15. The Kier molecular flexibility index (Phi) is 4.66. The zero-order valence-electron chi connectivity index (χ0n) is 17.0. The quantitative estimate of drug-likeness (QED) is 0.452. The zero-order valence-corrected chi connectivity index (χ0v) is 17.0. The summed E-state index contributed by atoms with van der Waals surface area (Å²) in [7, 11) is 3.61. The largest absolute Gasteiger partial charge is 0.497 e. The number of Topliss-reactive ketones (excluding diaryl/α,β-unsaturated/α-hetero) is 1. The predicted molar refractivity (Wildman–Crippen MR) is 114 cm³/mol. The maximum atomic E-state index is 12.9. The topological polar surface area (TPSA) is 49.7 Å². The highest BCUT2D eigenvalue weighted by Gasteiger charge is 2.30. The number of nitrogens with zero attached hydrogens (tertiary/aromatic N) is 1. The van der Waals surface area contributed by atoms with Crippen molar-refractivity contribution in [2.75, 3.05) is 13.7 Å². The summed E-state index contributed by atoms with van der Waals surface area (Å²) in [5.41, 5.74) is 4.23. The van der Waals surface area contributed by atoms with E-state index >= 15 is 0 Å². The van der Waals surface area contributed by atoms with Gasteiger partial charge in [-0.3, -0.25) is 4.79 Å². The molecule has 1 aliphatic rings. The number of carbonyl (C=O) groups excluding carboxylic acids is 1. The Morgan fingerprint density at radius 2 is 2.07 bits per heavy atom. The van der Waals surface area contributed by atoms with Gasteiger partial charge < -0.3 is 18.8 Å². The molecule has 4 rings (SSSR count). The second-order valence-electron chi connectivity index (χ2n) is 7.33. The van der Waals surface area contributed by atoms with Gasteiger partial charge in [-0.1, -0.05) is 6.58 Å². The SMILES string of the molecule is C=C(C)COc1ccc2c(c1C)O/C(=C/c1cn(C)c3ccc(OC)cc13)C2=O. The fraction of sp³-hybridized carbons (Fsp3) is 0.208. The molecule has 29 heavy (non-hydrogen) atoms. The van der Waals surface area contributed by atoms with Gasteiger partial charge in [-0.15, -0.1) is 0 Å². The molecule has 2 heterocycles. The van der Waals surface area contributed by atoms with Gasteiger partial charge in [0.15, 0.2) is 5.76 Å². The van der Waals surface area contributed by atoms with Gasteiger partial charge in [0.05, 0.1) is 12.7 Å². The fourth-order valence-corrected chi connectivity index (χ4v) is 3.51. The fourth-order valence-electron chi connectivity index (χ4n) is 3.51. The van der Waals surface area contributed by atoms with Gasteiger partial charge in [0.25, 0.3) is 0 Å². The molecule has 5 nitrogen and oxygen atoms in total. The number of aryl methyl sites for hydroxylation is 1.